The van der Waals surface area contributed by atoms with Crippen molar-refractivity contribution in [3.05, 3.63) is 86.3 Å². The molecule has 1 unspecified atom stereocenters. The molecule has 1 atom stereocenters. The lowest BCUT2D eigenvalue weighted by molar-refractivity contribution is -0.123. The monoisotopic (exact) mass is 795 g/mol. The van der Waals surface area contributed by atoms with Crippen LogP contribution in [-0.4, -0.2) is 96.7 Å². The van der Waals surface area contributed by atoms with E-state index in [1.165, 1.54) is 4.88 Å². The summed E-state index contributed by atoms with van der Waals surface area (Å²) in [5, 5.41) is 16.1. The van der Waals surface area contributed by atoms with Crippen molar-refractivity contribution in [2.75, 3.05) is 63.4 Å². The van der Waals surface area contributed by atoms with Crippen molar-refractivity contribution in [2.45, 2.75) is 46.1 Å². The van der Waals surface area contributed by atoms with Crippen LogP contribution < -0.4 is 20.3 Å². The summed E-state index contributed by atoms with van der Waals surface area (Å²) in [5.41, 5.74) is 5.68. The number of aryl methyl sites for hydroxylation is 3. The number of amides is 3. The molecule has 4 aromatic rings. The first-order chi connectivity index (χ1) is 26.1. The van der Waals surface area contributed by atoms with Gasteiger partial charge >= 0.3 is 0 Å². The van der Waals surface area contributed by atoms with Crippen LogP contribution in [-0.2, 0) is 30.3 Å². The Kier molecular flexibility index (Phi) is 13.4. The first-order valence-electron chi connectivity index (χ1n) is 17.8. The molecule has 0 saturated heterocycles. The summed E-state index contributed by atoms with van der Waals surface area (Å²) in [6, 6.07) is 12.5. The Hall–Kier alpha value is -4.34. The highest BCUT2D eigenvalue weighted by molar-refractivity contribution is 7.15. The standard InChI is InChI=1S/C38H43Cl2N7O6S/c1-23-24(2)54-38-35(23)36(26-6-8-28(40)9-7-26)43-30(37-45-44-25(3)47(37)38)20-32(48)41-12-15-51-17-18-52-16-13-42-33(49)22-53-29-10-11-31-27(19-29)5-4-14-46(31)34(50)21-39/h6-11,19,30H,4-5,12-18,20-22H2,1-3H3,(H,41,48)(H,42,49). The van der Waals surface area contributed by atoms with Gasteiger partial charge < -0.3 is 29.7 Å². The molecule has 4 heterocycles. The SMILES string of the molecule is Cc1sc2c(c1C)C(c1ccc(Cl)cc1)=NC(CC(=O)NCCOCCOCCNC(=O)COc1ccc3c(c1)CCCN3C(=O)CCl)c1nnc(C)n1-2. The Bertz CT molecular complexity index is 2020. The lowest BCUT2D eigenvalue weighted by atomic mass is 9.99. The van der Waals surface area contributed by atoms with Crippen molar-refractivity contribution >= 4 is 63.7 Å². The smallest absolute Gasteiger partial charge is 0.258 e. The number of alkyl halides is 1. The number of anilines is 1. The zero-order chi connectivity index (χ0) is 38.2. The molecule has 16 heteroatoms. The minimum absolute atomic E-state index is 0.0652. The predicted molar refractivity (Wildman–Crippen MR) is 209 cm³/mol. The molecule has 6 rings (SSSR count). The molecule has 286 valence electrons. The quantitative estimate of drug-likeness (QED) is 0.118. The van der Waals surface area contributed by atoms with Crippen LogP contribution in [0.2, 0.25) is 5.02 Å². The molecule has 54 heavy (non-hydrogen) atoms. The molecule has 0 saturated carbocycles. The van der Waals surface area contributed by atoms with E-state index in [9.17, 15) is 14.4 Å². The van der Waals surface area contributed by atoms with Gasteiger partial charge in [0.05, 0.1) is 38.6 Å². The number of hydrogen-bond donors (Lipinski definition) is 2. The van der Waals surface area contributed by atoms with E-state index in [4.69, 9.17) is 42.4 Å². The number of carbonyl (C=O) groups is 3. The van der Waals surface area contributed by atoms with Crippen LogP contribution in [0.5, 0.6) is 5.75 Å². The van der Waals surface area contributed by atoms with Gasteiger partial charge in [-0.25, -0.2) is 0 Å². The maximum Gasteiger partial charge on any atom is 0.258 e. The number of ether oxygens (including phenoxy) is 3. The molecule has 2 aliphatic rings. The third kappa shape index (κ3) is 9.29. The average molecular weight is 797 g/mol. The molecule has 3 amide bonds. The second-order valence-electron chi connectivity index (χ2n) is 12.9. The van der Waals surface area contributed by atoms with Crippen LogP contribution in [0.4, 0.5) is 5.69 Å². The fraction of sp³-hybridized carbons (Fsp3) is 0.421. The van der Waals surface area contributed by atoms with Crippen molar-refractivity contribution in [3.8, 4) is 10.8 Å². The van der Waals surface area contributed by atoms with Gasteiger partial charge in [0.1, 0.15) is 28.5 Å². The Morgan fingerprint density at radius 2 is 1.67 bits per heavy atom. The Labute approximate surface area is 328 Å². The minimum atomic E-state index is -0.554. The maximum atomic E-state index is 13.2. The van der Waals surface area contributed by atoms with Gasteiger partial charge in [-0.3, -0.25) is 23.9 Å². The molecule has 2 aromatic carbocycles. The molecule has 13 nitrogen and oxygen atoms in total. The van der Waals surface area contributed by atoms with Crippen molar-refractivity contribution in [1.82, 2.24) is 25.4 Å². The molecular weight excluding hydrogens is 753 g/mol. The number of nitrogens with one attached hydrogen (secondary N) is 2. The van der Waals surface area contributed by atoms with Gasteiger partial charge in [-0.1, -0.05) is 23.7 Å². The number of rotatable bonds is 16. The van der Waals surface area contributed by atoms with E-state index < -0.39 is 6.04 Å². The fourth-order valence-corrected chi connectivity index (χ4v) is 7.91. The molecule has 0 spiro atoms. The van der Waals surface area contributed by atoms with E-state index in [1.54, 1.807) is 22.3 Å². The van der Waals surface area contributed by atoms with E-state index in [-0.39, 0.29) is 36.6 Å². The van der Waals surface area contributed by atoms with Gasteiger partial charge in [0, 0.05) is 46.3 Å². The molecule has 2 N–H and O–H groups in total. The number of carbonyl (C=O) groups excluding carboxylic acids is 3. The molecule has 0 aliphatic carbocycles. The highest BCUT2D eigenvalue weighted by Gasteiger charge is 2.32. The number of nitrogens with zero attached hydrogens (tertiary/aromatic N) is 5. The van der Waals surface area contributed by atoms with Crippen molar-refractivity contribution in [1.29, 1.82) is 0 Å². The van der Waals surface area contributed by atoms with Crippen molar-refractivity contribution in [2.24, 2.45) is 4.99 Å². The molecule has 0 radical (unpaired) electrons. The average Bonchev–Trinajstić information content (AvgIpc) is 3.65. The number of benzene rings is 2. The molecular formula is C38H43Cl2N7O6S. The molecule has 0 bridgehead atoms. The molecule has 2 aliphatic heterocycles. The van der Waals surface area contributed by atoms with Gasteiger partial charge in [0.2, 0.25) is 11.8 Å². The van der Waals surface area contributed by atoms with Crippen LogP contribution in [0.15, 0.2) is 47.5 Å². The molecule has 0 fully saturated rings. The zero-order valence-electron chi connectivity index (χ0n) is 30.5. The summed E-state index contributed by atoms with van der Waals surface area (Å²) in [7, 11) is 0. The summed E-state index contributed by atoms with van der Waals surface area (Å²) in [5.74, 6) is 1.28. The Balaban J connectivity index is 0.892. The summed E-state index contributed by atoms with van der Waals surface area (Å²) >= 11 is 13.6. The lowest BCUT2D eigenvalue weighted by Crippen LogP contribution is -2.36. The second-order valence-corrected chi connectivity index (χ2v) is 14.8. The number of aromatic nitrogens is 3. The highest BCUT2D eigenvalue weighted by atomic mass is 35.5. The third-order valence-corrected chi connectivity index (χ3v) is 10.9. The summed E-state index contributed by atoms with van der Waals surface area (Å²) < 4.78 is 18.9. The van der Waals surface area contributed by atoms with E-state index in [2.05, 4.69) is 34.7 Å². The van der Waals surface area contributed by atoms with Crippen molar-refractivity contribution < 1.29 is 28.6 Å². The van der Waals surface area contributed by atoms with E-state index in [0.717, 1.165) is 57.3 Å². The third-order valence-electron chi connectivity index (χ3n) is 9.20. The zero-order valence-corrected chi connectivity index (χ0v) is 32.8. The topological polar surface area (TPSA) is 149 Å². The molecule has 2 aromatic heterocycles. The van der Waals surface area contributed by atoms with Crippen LogP contribution in [0, 0.1) is 20.8 Å². The fourth-order valence-electron chi connectivity index (χ4n) is 6.42. The lowest BCUT2D eigenvalue weighted by Gasteiger charge is -2.29. The largest absolute Gasteiger partial charge is 0.484 e. The second kappa shape index (κ2) is 18.3. The van der Waals surface area contributed by atoms with Crippen LogP contribution in [0.3, 0.4) is 0 Å². The number of hydrogen-bond acceptors (Lipinski definition) is 10. The van der Waals surface area contributed by atoms with Gasteiger partial charge in [-0.2, -0.15) is 0 Å². The number of fused-ring (bicyclic) bond motifs is 4. The Morgan fingerprint density at radius 1 is 0.944 bits per heavy atom. The van der Waals surface area contributed by atoms with Crippen LogP contribution >= 0.6 is 34.5 Å². The minimum Gasteiger partial charge on any atom is -0.484 e. The van der Waals surface area contributed by atoms with E-state index in [1.807, 2.05) is 47.9 Å². The Morgan fingerprint density at radius 3 is 2.39 bits per heavy atom. The van der Waals surface area contributed by atoms with Gasteiger partial charge in [-0.05, 0) is 75.1 Å². The maximum absolute atomic E-state index is 13.2. The van der Waals surface area contributed by atoms with E-state index >= 15 is 0 Å². The number of halogens is 2. The normalized spacial score (nSPS) is 14.7. The first-order valence-corrected chi connectivity index (χ1v) is 19.5. The summed E-state index contributed by atoms with van der Waals surface area (Å²) in [6.45, 7) is 8.52. The van der Waals surface area contributed by atoms with Gasteiger partial charge in [0.25, 0.3) is 5.91 Å². The highest BCUT2D eigenvalue weighted by Crippen LogP contribution is 2.39. The number of thiophene rings is 1. The van der Waals surface area contributed by atoms with Crippen molar-refractivity contribution in [3.63, 3.8) is 0 Å². The summed E-state index contributed by atoms with van der Waals surface area (Å²) in [6.07, 6.45) is 1.76. The van der Waals surface area contributed by atoms with Crippen LogP contribution in [0.1, 0.15) is 57.7 Å². The summed E-state index contributed by atoms with van der Waals surface area (Å²) in [4.78, 5) is 45.6. The first kappa shape index (κ1) is 39.4. The van der Waals surface area contributed by atoms with Gasteiger partial charge in [0.15, 0.2) is 12.4 Å². The van der Waals surface area contributed by atoms with E-state index in [0.29, 0.717) is 62.7 Å². The van der Waals surface area contributed by atoms with Crippen LogP contribution in [0.25, 0.3) is 5.00 Å². The number of aliphatic imine (C=N–C) groups is 1. The van der Waals surface area contributed by atoms with Gasteiger partial charge in [-0.15, -0.1) is 33.1 Å². The predicted octanol–water partition coefficient (Wildman–Crippen LogP) is 5.05.